The molecule has 3 aromatic rings. The number of ketones is 1. The van der Waals surface area contributed by atoms with Gasteiger partial charge in [-0.3, -0.25) is 9.36 Å². The molecule has 2 fully saturated rings. The number of Topliss-reactive ketones (excluding diaryl/α,β-unsaturated/α-hetero) is 1. The van der Waals surface area contributed by atoms with E-state index in [9.17, 15) is 14.4 Å². The Bertz CT molecular complexity index is 1390. The summed E-state index contributed by atoms with van der Waals surface area (Å²) in [6.07, 6.45) is 4.78. The first kappa shape index (κ1) is 26.0. The van der Waals surface area contributed by atoms with E-state index >= 15 is 0 Å². The molecule has 7 heteroatoms. The van der Waals surface area contributed by atoms with Crippen molar-refractivity contribution in [3.63, 3.8) is 0 Å². The minimum atomic E-state index is -0.611. The predicted octanol–water partition coefficient (Wildman–Crippen LogP) is 6.68. The number of carbonyl (C=O) groups is 3. The van der Waals surface area contributed by atoms with Gasteiger partial charge in [0.1, 0.15) is 23.2 Å². The van der Waals surface area contributed by atoms with Gasteiger partial charge in [-0.15, -0.1) is 0 Å². The molecule has 1 aromatic heterocycles. The van der Waals surface area contributed by atoms with Crippen LogP contribution in [0.5, 0.6) is 5.75 Å². The number of aromatic nitrogens is 1. The Labute approximate surface area is 223 Å². The van der Waals surface area contributed by atoms with Crippen LogP contribution in [-0.4, -0.2) is 41.2 Å². The molecule has 2 aliphatic carbocycles. The second-order valence-electron chi connectivity index (χ2n) is 11.5. The van der Waals surface area contributed by atoms with E-state index < -0.39 is 17.7 Å². The summed E-state index contributed by atoms with van der Waals surface area (Å²) in [6.45, 7) is 7.58. The summed E-state index contributed by atoms with van der Waals surface area (Å²) >= 11 is 0. The number of fused-ring (bicyclic) bond motifs is 1. The molecule has 0 aliphatic heterocycles. The molecule has 7 nitrogen and oxygen atoms in total. The van der Waals surface area contributed by atoms with E-state index in [1.54, 1.807) is 22.9 Å². The van der Waals surface area contributed by atoms with E-state index in [-0.39, 0.29) is 17.8 Å². The summed E-state index contributed by atoms with van der Waals surface area (Å²) in [5, 5.41) is 0.884. The van der Waals surface area contributed by atoms with E-state index in [0.29, 0.717) is 30.7 Å². The number of benzene rings is 2. The second-order valence-corrected chi connectivity index (χ2v) is 11.5. The van der Waals surface area contributed by atoms with E-state index in [1.165, 1.54) is 7.11 Å². The first-order valence-corrected chi connectivity index (χ1v) is 13.3. The maximum absolute atomic E-state index is 13.0. The zero-order valence-corrected chi connectivity index (χ0v) is 22.7. The van der Waals surface area contributed by atoms with Gasteiger partial charge in [0.15, 0.2) is 0 Å². The summed E-state index contributed by atoms with van der Waals surface area (Å²) in [5.41, 5.74) is 3.76. The van der Waals surface area contributed by atoms with Crippen LogP contribution in [0.4, 0.5) is 4.79 Å². The molecule has 0 amide bonds. The highest BCUT2D eigenvalue weighted by Crippen LogP contribution is 2.49. The molecular weight excluding hydrogens is 482 g/mol. The number of hydrogen-bond acceptors (Lipinski definition) is 6. The van der Waals surface area contributed by atoms with Crippen LogP contribution in [-0.2, 0) is 14.3 Å². The second kappa shape index (κ2) is 9.93. The third-order valence-electron chi connectivity index (χ3n) is 7.38. The molecule has 2 aliphatic rings. The van der Waals surface area contributed by atoms with Gasteiger partial charge in [0.25, 0.3) is 0 Å². The largest absolute Gasteiger partial charge is 0.489 e. The molecule has 2 saturated carbocycles. The predicted molar refractivity (Wildman–Crippen MR) is 144 cm³/mol. The van der Waals surface area contributed by atoms with Gasteiger partial charge < -0.3 is 14.2 Å². The molecule has 0 spiro atoms. The van der Waals surface area contributed by atoms with Crippen molar-refractivity contribution >= 4 is 28.7 Å². The Morgan fingerprint density at radius 1 is 1.03 bits per heavy atom. The Morgan fingerprint density at radius 3 is 2.37 bits per heavy atom. The molecule has 0 unspecified atom stereocenters. The molecule has 2 aromatic carbocycles. The van der Waals surface area contributed by atoms with Gasteiger partial charge in [0, 0.05) is 30.3 Å². The van der Waals surface area contributed by atoms with E-state index in [4.69, 9.17) is 14.2 Å². The molecule has 1 heterocycles. The first-order valence-electron chi connectivity index (χ1n) is 13.3. The number of aryl methyl sites for hydroxylation is 1. The molecule has 0 saturated heterocycles. The van der Waals surface area contributed by atoms with E-state index in [0.717, 1.165) is 46.2 Å². The third kappa shape index (κ3) is 5.19. The molecule has 2 atom stereocenters. The minimum Gasteiger partial charge on any atom is -0.489 e. The van der Waals surface area contributed by atoms with E-state index in [1.807, 2.05) is 45.9 Å². The fourth-order valence-electron chi connectivity index (χ4n) is 5.43. The Kier molecular flexibility index (Phi) is 6.80. The third-order valence-corrected chi connectivity index (χ3v) is 7.38. The Balaban J connectivity index is 1.53. The Morgan fingerprint density at radius 2 is 1.74 bits per heavy atom. The summed E-state index contributed by atoms with van der Waals surface area (Å²) in [5.74, 6) is 0.903. The maximum Gasteiger partial charge on any atom is 0.419 e. The lowest BCUT2D eigenvalue weighted by atomic mass is 9.80. The van der Waals surface area contributed by atoms with Gasteiger partial charge >= 0.3 is 12.1 Å². The van der Waals surface area contributed by atoms with Crippen LogP contribution in [0.15, 0.2) is 42.6 Å². The number of esters is 1. The van der Waals surface area contributed by atoms with Crippen molar-refractivity contribution in [2.75, 3.05) is 7.11 Å². The maximum atomic E-state index is 13.0. The van der Waals surface area contributed by atoms with Gasteiger partial charge in [0.2, 0.25) is 0 Å². The van der Waals surface area contributed by atoms with Gasteiger partial charge in [-0.05, 0) is 93.8 Å². The normalized spacial score (nSPS) is 19.9. The fraction of sp³-hybridized carbons (Fsp3) is 0.452. The van der Waals surface area contributed by atoms with Crippen molar-refractivity contribution in [3.8, 4) is 5.75 Å². The lowest BCUT2D eigenvalue weighted by molar-refractivity contribution is -0.122. The molecule has 0 radical (unpaired) electrons. The average molecular weight is 518 g/mol. The quantitative estimate of drug-likeness (QED) is 0.351. The number of rotatable bonds is 5. The van der Waals surface area contributed by atoms with Gasteiger partial charge in [0.05, 0.1) is 18.2 Å². The smallest absolute Gasteiger partial charge is 0.419 e. The lowest BCUT2D eigenvalue weighted by Crippen LogP contribution is -2.33. The summed E-state index contributed by atoms with van der Waals surface area (Å²) in [6, 6.07) is 11.3. The minimum absolute atomic E-state index is 0.140. The van der Waals surface area contributed by atoms with Crippen LogP contribution < -0.4 is 4.74 Å². The van der Waals surface area contributed by atoms with Crippen molar-refractivity contribution in [3.05, 3.63) is 64.8 Å². The topological polar surface area (TPSA) is 83.8 Å². The lowest BCUT2D eigenvalue weighted by Gasteiger charge is -2.33. The van der Waals surface area contributed by atoms with Crippen LogP contribution in [0.1, 0.15) is 91.8 Å². The van der Waals surface area contributed by atoms with Crippen LogP contribution in [0.3, 0.4) is 0 Å². The SMILES string of the molecule is COC(=O)c1ccc([C@@H]2CC(=O)CC[C@H]2Oc2c(C3CC3)cc(C)c3c2ccn3C(=O)OC(C)(C)C)cc1. The number of methoxy groups -OCH3 is 1. The summed E-state index contributed by atoms with van der Waals surface area (Å²) in [7, 11) is 1.36. The van der Waals surface area contributed by atoms with Crippen molar-refractivity contribution in [1.82, 2.24) is 4.57 Å². The van der Waals surface area contributed by atoms with E-state index in [2.05, 4.69) is 6.07 Å². The Hall–Kier alpha value is -3.61. The molecular formula is C31H35NO6. The van der Waals surface area contributed by atoms with Gasteiger partial charge in [-0.25, -0.2) is 9.59 Å². The zero-order valence-electron chi connectivity index (χ0n) is 22.7. The standard InChI is InChI=1S/C31H35NO6/c1-18-16-25(20-6-7-20)28(23-14-15-32(27(18)23)30(35)38-31(2,3)4)37-26-13-12-22(33)17-24(26)19-8-10-21(11-9-19)29(34)36-5/h8-11,14-16,20,24,26H,6-7,12-13,17H2,1-5H3/t24-,26+/m0/s1. The number of carbonyl (C=O) groups excluding carboxylic acids is 3. The van der Waals surface area contributed by atoms with Crippen LogP contribution >= 0.6 is 0 Å². The van der Waals surface area contributed by atoms with Crippen LogP contribution in [0.25, 0.3) is 10.9 Å². The molecule has 0 N–H and O–H groups in total. The highest BCUT2D eigenvalue weighted by molar-refractivity contribution is 5.96. The zero-order chi connectivity index (χ0) is 27.2. The number of nitrogens with zero attached hydrogens (tertiary/aromatic N) is 1. The molecule has 0 bridgehead atoms. The van der Waals surface area contributed by atoms with Crippen molar-refractivity contribution in [2.24, 2.45) is 0 Å². The monoisotopic (exact) mass is 517 g/mol. The highest BCUT2D eigenvalue weighted by atomic mass is 16.6. The summed E-state index contributed by atoms with van der Waals surface area (Å²) < 4.78 is 18.9. The van der Waals surface area contributed by atoms with Crippen LogP contribution in [0.2, 0.25) is 0 Å². The van der Waals surface area contributed by atoms with Crippen LogP contribution in [0, 0.1) is 6.92 Å². The van der Waals surface area contributed by atoms with Crippen molar-refractivity contribution < 1.29 is 28.6 Å². The van der Waals surface area contributed by atoms with Gasteiger partial charge in [-0.2, -0.15) is 0 Å². The molecule has 38 heavy (non-hydrogen) atoms. The van der Waals surface area contributed by atoms with Crippen molar-refractivity contribution in [2.45, 2.75) is 83.3 Å². The average Bonchev–Trinajstić information content (AvgIpc) is 3.62. The highest BCUT2D eigenvalue weighted by Gasteiger charge is 2.36. The molecule has 200 valence electrons. The summed E-state index contributed by atoms with van der Waals surface area (Å²) in [4.78, 5) is 37.4. The van der Waals surface area contributed by atoms with Gasteiger partial charge in [-0.1, -0.05) is 12.1 Å². The number of ether oxygens (including phenoxy) is 3. The fourth-order valence-corrected chi connectivity index (χ4v) is 5.43. The first-order chi connectivity index (χ1) is 18.1. The molecule has 5 rings (SSSR count). The van der Waals surface area contributed by atoms with Crippen molar-refractivity contribution in [1.29, 1.82) is 0 Å². The number of hydrogen-bond donors (Lipinski definition) is 0.